The van der Waals surface area contributed by atoms with Crippen LogP contribution in [0.2, 0.25) is 0 Å². The average molecular weight is 894 g/mol. The number of fused-ring (bicyclic) bond motifs is 3. The molecule has 5 heterocycles. The van der Waals surface area contributed by atoms with Crippen LogP contribution in [0.25, 0.3) is 0 Å². The first kappa shape index (κ1) is 44.1. The molecule has 0 aliphatic carbocycles. The normalized spacial score (nSPS) is 24.1. The van der Waals surface area contributed by atoms with Crippen molar-refractivity contribution in [2.75, 3.05) is 56.3 Å². The fourth-order valence-electron chi connectivity index (χ4n) is 10.4. The number of rotatable bonds is 11. The third-order valence-electron chi connectivity index (χ3n) is 13.2. The SMILES string of the molecule is COC(=O)[C@@H](NC(=O)N1C(=O)[C@@]2(c3ccccc31)[C@H](c1cccc(OCCO)c1)N1[C@H](c3ccccc3)[C@H](c3ccccc3)OC(=O)[C@H]1[C@@H]2C(=O)N1CCN(c2ncccn2)CC1)C(C)C. The Hall–Kier alpha value is -7.17. The number of benzene rings is 4. The average Bonchev–Trinajstić information content (AvgIpc) is 3.81. The summed E-state index contributed by atoms with van der Waals surface area (Å²) in [5.41, 5.74) is 0.517. The van der Waals surface area contributed by atoms with Crippen LogP contribution in [0.1, 0.15) is 54.3 Å². The summed E-state index contributed by atoms with van der Waals surface area (Å²) in [4.78, 5) is 91.3. The second kappa shape index (κ2) is 18.4. The fraction of sp³-hybridized carbons (Fsp3) is 0.340. The summed E-state index contributed by atoms with van der Waals surface area (Å²) in [6, 6.07) is 29.2. The smallest absolute Gasteiger partial charge is 0.329 e. The summed E-state index contributed by atoms with van der Waals surface area (Å²) >= 11 is 0. The first-order valence-electron chi connectivity index (χ1n) is 22.1. The first-order valence-corrected chi connectivity index (χ1v) is 22.1. The monoisotopic (exact) mass is 893 g/mol. The molecule has 4 aliphatic heterocycles. The lowest BCUT2D eigenvalue weighted by Gasteiger charge is -2.46. The van der Waals surface area contributed by atoms with E-state index in [9.17, 15) is 14.7 Å². The van der Waals surface area contributed by atoms with E-state index in [4.69, 9.17) is 14.2 Å². The van der Waals surface area contributed by atoms with E-state index in [0.717, 1.165) is 10.5 Å². The maximum Gasteiger partial charge on any atom is 0.329 e. The van der Waals surface area contributed by atoms with Crippen molar-refractivity contribution in [1.29, 1.82) is 0 Å². The van der Waals surface area contributed by atoms with Crippen molar-refractivity contribution < 1.29 is 43.3 Å². The lowest BCUT2D eigenvalue weighted by atomic mass is 9.65. The number of carbonyl (C=O) groups excluding carboxylic acids is 5. The van der Waals surface area contributed by atoms with Crippen molar-refractivity contribution in [3.05, 3.63) is 150 Å². The number of nitrogens with one attached hydrogen (secondary N) is 1. The van der Waals surface area contributed by atoms with Crippen LogP contribution in [0.5, 0.6) is 5.75 Å². The number of imide groups is 1. The molecule has 0 saturated carbocycles. The van der Waals surface area contributed by atoms with E-state index < -0.39 is 77.3 Å². The Bertz CT molecular complexity index is 2600. The number of carbonyl (C=O) groups is 5. The highest BCUT2D eigenvalue weighted by atomic mass is 16.6. The van der Waals surface area contributed by atoms with Gasteiger partial charge in [0, 0.05) is 38.6 Å². The molecular formula is C50H51N7O9. The number of hydrogen-bond acceptors (Lipinski definition) is 13. The summed E-state index contributed by atoms with van der Waals surface area (Å²) in [7, 11) is 1.22. The van der Waals surface area contributed by atoms with Gasteiger partial charge in [0.05, 0.1) is 37.4 Å². The Labute approximate surface area is 382 Å². The number of morpholine rings is 1. The molecule has 66 heavy (non-hydrogen) atoms. The topological polar surface area (TPSA) is 184 Å². The molecule has 0 unspecified atom stereocenters. The molecule has 4 aliphatic rings. The largest absolute Gasteiger partial charge is 0.491 e. The van der Waals surface area contributed by atoms with Gasteiger partial charge in [-0.15, -0.1) is 0 Å². The van der Waals surface area contributed by atoms with E-state index in [2.05, 4.69) is 15.3 Å². The molecule has 1 aromatic heterocycles. The minimum Gasteiger partial charge on any atom is -0.491 e. The predicted octanol–water partition coefficient (Wildman–Crippen LogP) is 4.77. The van der Waals surface area contributed by atoms with Gasteiger partial charge in [0.1, 0.15) is 36.0 Å². The Morgan fingerprint density at radius 2 is 1.47 bits per heavy atom. The molecular weight excluding hydrogens is 843 g/mol. The van der Waals surface area contributed by atoms with Crippen LogP contribution in [0, 0.1) is 11.8 Å². The minimum absolute atomic E-state index is 0.0192. The predicted molar refractivity (Wildman–Crippen MR) is 241 cm³/mol. The zero-order valence-corrected chi connectivity index (χ0v) is 36.8. The number of para-hydroxylation sites is 1. The Morgan fingerprint density at radius 3 is 2.14 bits per heavy atom. The maximum absolute atomic E-state index is 16.4. The zero-order valence-electron chi connectivity index (χ0n) is 36.8. The molecule has 3 fully saturated rings. The molecule has 9 rings (SSSR count). The van der Waals surface area contributed by atoms with Gasteiger partial charge < -0.3 is 34.4 Å². The highest BCUT2D eigenvalue weighted by Gasteiger charge is 2.76. The summed E-state index contributed by atoms with van der Waals surface area (Å²) in [6.45, 7) is 4.38. The Kier molecular flexibility index (Phi) is 12.3. The van der Waals surface area contributed by atoms with Crippen molar-refractivity contribution >= 4 is 41.4 Å². The number of piperazine rings is 1. The highest BCUT2D eigenvalue weighted by Crippen LogP contribution is 2.66. The van der Waals surface area contributed by atoms with Gasteiger partial charge in [0.25, 0.3) is 0 Å². The van der Waals surface area contributed by atoms with E-state index in [0.29, 0.717) is 41.5 Å². The van der Waals surface area contributed by atoms with Gasteiger partial charge in [-0.05, 0) is 52.4 Å². The van der Waals surface area contributed by atoms with Crippen molar-refractivity contribution in [3.63, 3.8) is 0 Å². The molecule has 4 amide bonds. The van der Waals surface area contributed by atoms with E-state index in [-0.39, 0.29) is 32.0 Å². The van der Waals surface area contributed by atoms with E-state index in [1.165, 1.54) is 7.11 Å². The molecule has 2 N–H and O–H groups in total. The van der Waals surface area contributed by atoms with Crippen LogP contribution in [0.3, 0.4) is 0 Å². The highest BCUT2D eigenvalue weighted by molar-refractivity contribution is 6.25. The number of ether oxygens (including phenoxy) is 3. The third kappa shape index (κ3) is 7.49. The van der Waals surface area contributed by atoms with Crippen LogP contribution in [0.4, 0.5) is 16.4 Å². The van der Waals surface area contributed by atoms with Gasteiger partial charge in [-0.25, -0.2) is 24.5 Å². The number of aliphatic hydroxyl groups excluding tert-OH is 1. The maximum atomic E-state index is 16.4. The fourth-order valence-corrected chi connectivity index (χ4v) is 10.4. The minimum atomic E-state index is -1.98. The molecule has 0 bridgehead atoms. The van der Waals surface area contributed by atoms with E-state index in [1.54, 1.807) is 79.7 Å². The molecule has 4 aromatic carbocycles. The van der Waals surface area contributed by atoms with Crippen molar-refractivity contribution in [2.24, 2.45) is 11.8 Å². The number of methoxy groups -OCH3 is 1. The lowest BCUT2D eigenvalue weighted by molar-refractivity contribution is -0.179. The second-order valence-electron chi connectivity index (χ2n) is 17.1. The van der Waals surface area contributed by atoms with Gasteiger partial charge in [0.15, 0.2) is 0 Å². The molecule has 16 heteroatoms. The number of esters is 2. The van der Waals surface area contributed by atoms with Gasteiger partial charge in [-0.3, -0.25) is 19.3 Å². The van der Waals surface area contributed by atoms with Crippen LogP contribution in [-0.2, 0) is 34.1 Å². The molecule has 3 saturated heterocycles. The van der Waals surface area contributed by atoms with Crippen molar-refractivity contribution in [3.8, 4) is 5.75 Å². The van der Waals surface area contributed by atoms with Crippen LogP contribution in [0.15, 0.2) is 128 Å². The number of aliphatic hydroxyl groups is 1. The van der Waals surface area contributed by atoms with E-state index in [1.807, 2.05) is 76.5 Å². The number of amides is 4. The number of hydrogen-bond donors (Lipinski definition) is 2. The van der Waals surface area contributed by atoms with Crippen LogP contribution < -0.4 is 19.9 Å². The number of aromatic nitrogens is 2. The number of urea groups is 1. The van der Waals surface area contributed by atoms with Gasteiger partial charge in [0.2, 0.25) is 17.8 Å². The van der Waals surface area contributed by atoms with Gasteiger partial charge in [-0.2, -0.15) is 0 Å². The van der Waals surface area contributed by atoms with Crippen molar-refractivity contribution in [1.82, 2.24) is 25.1 Å². The first-order chi connectivity index (χ1) is 32.1. The van der Waals surface area contributed by atoms with Crippen molar-refractivity contribution in [2.45, 2.75) is 49.5 Å². The molecule has 0 radical (unpaired) electrons. The van der Waals surface area contributed by atoms with Crippen LogP contribution in [-0.4, -0.2) is 113 Å². The quantitative estimate of drug-likeness (QED) is 0.173. The number of cyclic esters (lactones) is 1. The Morgan fingerprint density at radius 1 is 0.818 bits per heavy atom. The Balaban J connectivity index is 1.29. The number of anilines is 2. The van der Waals surface area contributed by atoms with Gasteiger partial charge >= 0.3 is 18.0 Å². The summed E-state index contributed by atoms with van der Waals surface area (Å²) in [5, 5.41) is 12.5. The van der Waals surface area contributed by atoms with E-state index >= 15 is 14.4 Å². The van der Waals surface area contributed by atoms with Crippen LogP contribution >= 0.6 is 0 Å². The van der Waals surface area contributed by atoms with Gasteiger partial charge in [-0.1, -0.05) is 105 Å². The lowest BCUT2D eigenvalue weighted by Crippen LogP contribution is -2.60. The third-order valence-corrected chi connectivity index (χ3v) is 13.2. The molecule has 16 nitrogen and oxygen atoms in total. The molecule has 340 valence electrons. The molecule has 7 atom stereocenters. The molecule has 1 spiro atoms. The summed E-state index contributed by atoms with van der Waals surface area (Å²) in [6.07, 6.45) is 2.40. The second-order valence-corrected chi connectivity index (χ2v) is 17.1. The number of nitrogens with zero attached hydrogens (tertiary/aromatic N) is 6. The summed E-state index contributed by atoms with van der Waals surface area (Å²) in [5.74, 6) is -3.65. The summed E-state index contributed by atoms with van der Waals surface area (Å²) < 4.78 is 17.6. The standard InChI is InChI=1S/C50H51N7O9/c1-31(2)39(45(60)64-3)53-49(63)56-37-21-11-10-20-36(37)50(47(56)62)38(44(59)54-24-26-55(27-25-54)48-51-22-13-23-52-48)41-46(61)66-42(33-16-8-5-9-17-33)40(32-14-6-4-7-15-32)57(41)43(50)34-18-12-19-35(30-34)65-29-28-58/h4-23,30-31,38-43,58H,24-29H2,1-3H3,(H,53,63)/t38-,39+,40-,41-,42+,43+,50-/m1/s1. The molecule has 5 aromatic rings. The zero-order chi connectivity index (χ0) is 46.1.